The molecule has 0 fully saturated rings. The van der Waals surface area contributed by atoms with E-state index in [1.807, 2.05) is 80.6 Å². The molecule has 7 nitrogen and oxygen atoms in total. The molecule has 1 atom stereocenters. The third-order valence-electron chi connectivity index (χ3n) is 5.96. The number of ether oxygens (including phenoxy) is 1. The number of nitrogens with zero attached hydrogens (tertiary/aromatic N) is 3. The summed E-state index contributed by atoms with van der Waals surface area (Å²) in [6.45, 7) is 4.14. The molecule has 1 unspecified atom stereocenters. The third kappa shape index (κ3) is 4.87. The molecular formula is C27H23BrClN5O2. The zero-order valence-electron chi connectivity index (χ0n) is 19.6. The normalized spacial score (nSPS) is 14.7. The summed E-state index contributed by atoms with van der Waals surface area (Å²) in [5.74, 6) is 0.911. The van der Waals surface area contributed by atoms with Crippen LogP contribution in [-0.4, -0.2) is 20.7 Å². The standard InChI is InChI=1S/C27H23BrClN5O2/c1-16-7-10-20(11-8-16)33-26(35)24-17(2)32-27-30-15-31-34(27)25(24)21-13-19(28)9-12-23(21)36-14-18-5-3-4-6-22(18)29/h3-13,15,25H,14H2,1-2H3,(H,33,35)(H,30,31,32). The Bertz CT molecular complexity index is 1470. The first kappa shape index (κ1) is 24.1. The second-order valence-electron chi connectivity index (χ2n) is 8.48. The fourth-order valence-electron chi connectivity index (χ4n) is 4.14. The van der Waals surface area contributed by atoms with Gasteiger partial charge in [-0.15, -0.1) is 0 Å². The van der Waals surface area contributed by atoms with Crippen molar-refractivity contribution in [2.45, 2.75) is 26.5 Å². The number of fused-ring (bicyclic) bond motifs is 1. The number of aromatic nitrogens is 3. The van der Waals surface area contributed by atoms with E-state index in [0.717, 1.165) is 21.2 Å². The molecule has 0 radical (unpaired) electrons. The number of carbonyl (C=O) groups is 1. The zero-order valence-corrected chi connectivity index (χ0v) is 22.0. The van der Waals surface area contributed by atoms with Crippen molar-refractivity contribution in [2.75, 3.05) is 10.6 Å². The molecule has 36 heavy (non-hydrogen) atoms. The van der Waals surface area contributed by atoms with Crippen LogP contribution < -0.4 is 15.4 Å². The van der Waals surface area contributed by atoms with Gasteiger partial charge in [-0.1, -0.05) is 63.4 Å². The van der Waals surface area contributed by atoms with Crippen LogP contribution in [0, 0.1) is 6.92 Å². The predicted molar refractivity (Wildman–Crippen MR) is 144 cm³/mol. The molecular weight excluding hydrogens is 542 g/mol. The van der Waals surface area contributed by atoms with E-state index in [2.05, 4.69) is 36.6 Å². The molecule has 0 spiro atoms. The lowest BCUT2D eigenvalue weighted by atomic mass is 9.94. The number of hydrogen-bond acceptors (Lipinski definition) is 5. The number of benzene rings is 3. The number of halogens is 2. The third-order valence-corrected chi connectivity index (χ3v) is 6.82. The number of allylic oxidation sites excluding steroid dienone is 1. The summed E-state index contributed by atoms with van der Waals surface area (Å²) in [6, 6.07) is 20.4. The van der Waals surface area contributed by atoms with Gasteiger partial charge >= 0.3 is 0 Å². The molecule has 182 valence electrons. The molecule has 1 aliphatic heterocycles. The quantitative estimate of drug-likeness (QED) is 0.279. The number of amides is 1. The number of anilines is 2. The van der Waals surface area contributed by atoms with Gasteiger partial charge in [-0.3, -0.25) is 4.79 Å². The van der Waals surface area contributed by atoms with Crippen molar-refractivity contribution in [1.82, 2.24) is 14.8 Å². The maximum absolute atomic E-state index is 13.7. The van der Waals surface area contributed by atoms with Gasteiger partial charge in [0.1, 0.15) is 24.7 Å². The van der Waals surface area contributed by atoms with Crippen LogP contribution in [0.25, 0.3) is 0 Å². The molecule has 0 bridgehead atoms. The van der Waals surface area contributed by atoms with Gasteiger partial charge in [-0.25, -0.2) is 4.68 Å². The molecule has 5 rings (SSSR count). The Morgan fingerprint density at radius 2 is 1.92 bits per heavy atom. The minimum Gasteiger partial charge on any atom is -0.488 e. The van der Waals surface area contributed by atoms with Crippen LogP contribution in [0.2, 0.25) is 5.02 Å². The first-order chi connectivity index (χ1) is 17.4. The number of rotatable bonds is 6. The Hall–Kier alpha value is -3.62. The highest BCUT2D eigenvalue weighted by atomic mass is 79.9. The van der Waals surface area contributed by atoms with Crippen LogP contribution in [0.3, 0.4) is 0 Å². The van der Waals surface area contributed by atoms with E-state index in [9.17, 15) is 4.79 Å². The molecule has 0 aliphatic carbocycles. The van der Waals surface area contributed by atoms with E-state index in [1.54, 1.807) is 4.68 Å². The molecule has 1 aliphatic rings. The average molecular weight is 565 g/mol. The highest BCUT2D eigenvalue weighted by molar-refractivity contribution is 9.10. The molecule has 0 saturated heterocycles. The lowest BCUT2D eigenvalue weighted by Crippen LogP contribution is -2.31. The fourth-order valence-corrected chi connectivity index (χ4v) is 4.71. The molecule has 9 heteroatoms. The lowest BCUT2D eigenvalue weighted by molar-refractivity contribution is -0.113. The second-order valence-corrected chi connectivity index (χ2v) is 9.80. The Morgan fingerprint density at radius 1 is 1.14 bits per heavy atom. The van der Waals surface area contributed by atoms with Gasteiger partial charge in [0.05, 0.1) is 5.57 Å². The zero-order chi connectivity index (χ0) is 25.2. The number of nitrogens with one attached hydrogen (secondary N) is 2. The molecule has 2 N–H and O–H groups in total. The van der Waals surface area contributed by atoms with Crippen LogP contribution >= 0.6 is 27.5 Å². The molecule has 0 saturated carbocycles. The van der Waals surface area contributed by atoms with E-state index in [-0.39, 0.29) is 12.5 Å². The number of carbonyl (C=O) groups excluding carboxylic acids is 1. The van der Waals surface area contributed by atoms with Gasteiger partial charge in [-0.2, -0.15) is 10.1 Å². The van der Waals surface area contributed by atoms with Crippen molar-refractivity contribution in [1.29, 1.82) is 0 Å². The molecule has 1 amide bonds. The van der Waals surface area contributed by atoms with Crippen molar-refractivity contribution >= 4 is 45.1 Å². The Morgan fingerprint density at radius 3 is 2.69 bits per heavy atom. The van der Waals surface area contributed by atoms with E-state index in [0.29, 0.717) is 33.7 Å². The summed E-state index contributed by atoms with van der Waals surface area (Å²) >= 11 is 9.93. The average Bonchev–Trinajstić information content (AvgIpc) is 3.32. The fraction of sp³-hybridized carbons (Fsp3) is 0.148. The van der Waals surface area contributed by atoms with Gasteiger partial charge in [-0.05, 0) is 50.2 Å². The Labute approximate surface area is 222 Å². The van der Waals surface area contributed by atoms with Gasteiger partial charge in [0.25, 0.3) is 5.91 Å². The first-order valence-corrected chi connectivity index (χ1v) is 12.5. The summed E-state index contributed by atoms with van der Waals surface area (Å²) in [5.41, 5.74) is 4.64. The second kappa shape index (κ2) is 10.2. The monoisotopic (exact) mass is 563 g/mol. The SMILES string of the molecule is CC1=C(C(=O)Nc2ccc(C)cc2)C(c2cc(Br)ccc2OCc2ccccc2Cl)n2ncnc2N1. The van der Waals surface area contributed by atoms with Crippen LogP contribution in [0.5, 0.6) is 5.75 Å². The van der Waals surface area contributed by atoms with E-state index < -0.39 is 6.04 Å². The van der Waals surface area contributed by atoms with Crippen LogP contribution in [0.4, 0.5) is 11.6 Å². The first-order valence-electron chi connectivity index (χ1n) is 11.3. The minimum absolute atomic E-state index is 0.243. The van der Waals surface area contributed by atoms with Crippen LogP contribution in [0.1, 0.15) is 29.7 Å². The van der Waals surface area contributed by atoms with Crippen LogP contribution in [0.15, 0.2) is 88.8 Å². The van der Waals surface area contributed by atoms with E-state index in [4.69, 9.17) is 16.3 Å². The summed E-state index contributed by atoms with van der Waals surface area (Å²) in [6.07, 6.45) is 1.46. The van der Waals surface area contributed by atoms with Gasteiger partial charge in [0.15, 0.2) is 0 Å². The topological polar surface area (TPSA) is 81.1 Å². The van der Waals surface area contributed by atoms with Crippen molar-refractivity contribution in [3.05, 3.63) is 111 Å². The van der Waals surface area contributed by atoms with Gasteiger partial charge < -0.3 is 15.4 Å². The van der Waals surface area contributed by atoms with Gasteiger partial charge in [0, 0.05) is 32.0 Å². The largest absolute Gasteiger partial charge is 0.488 e. The lowest BCUT2D eigenvalue weighted by Gasteiger charge is -2.30. The number of aryl methyl sites for hydroxylation is 1. The smallest absolute Gasteiger partial charge is 0.255 e. The summed E-state index contributed by atoms with van der Waals surface area (Å²) in [7, 11) is 0. The van der Waals surface area contributed by atoms with Crippen molar-refractivity contribution < 1.29 is 9.53 Å². The van der Waals surface area contributed by atoms with Crippen LogP contribution in [-0.2, 0) is 11.4 Å². The molecule has 2 heterocycles. The minimum atomic E-state index is -0.576. The van der Waals surface area contributed by atoms with Crippen molar-refractivity contribution in [3.8, 4) is 5.75 Å². The van der Waals surface area contributed by atoms with E-state index >= 15 is 0 Å². The highest BCUT2D eigenvalue weighted by Crippen LogP contribution is 2.40. The number of hydrogen-bond donors (Lipinski definition) is 2. The molecule has 4 aromatic rings. The van der Waals surface area contributed by atoms with Crippen molar-refractivity contribution in [2.24, 2.45) is 0 Å². The Balaban J connectivity index is 1.55. The van der Waals surface area contributed by atoms with Gasteiger partial charge in [0.2, 0.25) is 5.95 Å². The van der Waals surface area contributed by atoms with E-state index in [1.165, 1.54) is 6.33 Å². The summed E-state index contributed by atoms with van der Waals surface area (Å²) in [5, 5.41) is 11.3. The van der Waals surface area contributed by atoms with Crippen molar-refractivity contribution in [3.63, 3.8) is 0 Å². The molecule has 3 aromatic carbocycles. The maximum Gasteiger partial charge on any atom is 0.255 e. The summed E-state index contributed by atoms with van der Waals surface area (Å²) < 4.78 is 8.80. The molecule has 1 aromatic heterocycles. The predicted octanol–water partition coefficient (Wildman–Crippen LogP) is 6.51. The maximum atomic E-state index is 13.7. The highest BCUT2D eigenvalue weighted by Gasteiger charge is 2.35. The summed E-state index contributed by atoms with van der Waals surface area (Å²) in [4.78, 5) is 18.0. The Kier molecular flexibility index (Phi) is 6.80.